The molecule has 0 aromatic carbocycles. The van der Waals surface area contributed by atoms with Crippen molar-refractivity contribution in [1.29, 1.82) is 0 Å². The van der Waals surface area contributed by atoms with Crippen LogP contribution < -0.4 is 5.32 Å². The lowest BCUT2D eigenvalue weighted by Crippen LogP contribution is -2.34. The van der Waals surface area contributed by atoms with Gasteiger partial charge in [0.2, 0.25) is 5.91 Å². The van der Waals surface area contributed by atoms with Crippen molar-refractivity contribution in [3.63, 3.8) is 0 Å². The minimum absolute atomic E-state index is 0.0109. The van der Waals surface area contributed by atoms with Gasteiger partial charge < -0.3 is 19.9 Å². The molecule has 0 radical (unpaired) electrons. The zero-order chi connectivity index (χ0) is 13.1. The monoisotopic (exact) mass is 252 g/mol. The van der Waals surface area contributed by atoms with Gasteiger partial charge in [0.15, 0.2) is 0 Å². The molecular weight excluding hydrogens is 232 g/mol. The number of likely N-dealkylation sites (tertiary alicyclic amines) is 1. The molecule has 0 aliphatic carbocycles. The van der Waals surface area contributed by atoms with Crippen LogP contribution in [-0.4, -0.2) is 51.6 Å². The maximum atomic E-state index is 12.0. The summed E-state index contributed by atoms with van der Waals surface area (Å²) in [4.78, 5) is 17.9. The smallest absolute Gasteiger partial charge is 0.225 e. The maximum absolute atomic E-state index is 12.0. The van der Waals surface area contributed by atoms with E-state index in [4.69, 9.17) is 0 Å². The lowest BCUT2D eigenvalue weighted by Gasteiger charge is -2.18. The summed E-state index contributed by atoms with van der Waals surface area (Å²) >= 11 is 0. The Morgan fingerprint density at radius 1 is 1.72 bits per heavy atom. The third-order valence-corrected chi connectivity index (χ3v) is 3.47. The van der Waals surface area contributed by atoms with Crippen molar-refractivity contribution < 1.29 is 9.90 Å². The Bertz CT molecular complexity index is 418. The van der Waals surface area contributed by atoms with Crippen molar-refractivity contribution >= 4 is 5.91 Å². The van der Waals surface area contributed by atoms with E-state index in [-0.39, 0.29) is 12.3 Å². The lowest BCUT2D eigenvalue weighted by molar-refractivity contribution is -0.132. The molecule has 1 amide bonds. The zero-order valence-electron chi connectivity index (χ0n) is 10.8. The van der Waals surface area contributed by atoms with Crippen LogP contribution in [0.25, 0.3) is 0 Å². The Morgan fingerprint density at radius 3 is 3.06 bits per heavy atom. The van der Waals surface area contributed by atoms with E-state index in [1.165, 1.54) is 0 Å². The van der Waals surface area contributed by atoms with Crippen molar-refractivity contribution in [2.24, 2.45) is 7.05 Å². The largest absolute Gasteiger partial charge is 0.385 e. The number of likely N-dealkylation sites (N-methyl/N-ethyl adjacent to an activating group) is 1. The van der Waals surface area contributed by atoms with Gasteiger partial charge in [-0.2, -0.15) is 0 Å². The number of carbonyl (C=O) groups excluding carboxylic acids is 1. The molecule has 1 aliphatic rings. The standard InChI is InChI=1S/C12H20N4O2/c1-13-9-3-5-16(8-9)11(18)7-10(17)12-14-4-6-15(12)2/h4,6,9-10,13,17H,3,5,7-8H2,1-2H3/t9-,10-/m0/s1. The van der Waals surface area contributed by atoms with Gasteiger partial charge in [-0.3, -0.25) is 4.79 Å². The number of hydrogen-bond donors (Lipinski definition) is 2. The highest BCUT2D eigenvalue weighted by Crippen LogP contribution is 2.17. The van der Waals surface area contributed by atoms with Crippen LogP contribution in [-0.2, 0) is 11.8 Å². The molecule has 2 heterocycles. The van der Waals surface area contributed by atoms with Crippen molar-refractivity contribution in [2.45, 2.75) is 25.0 Å². The van der Waals surface area contributed by atoms with Crippen LogP contribution in [0.1, 0.15) is 24.8 Å². The summed E-state index contributed by atoms with van der Waals surface area (Å²) in [5, 5.41) is 13.2. The van der Waals surface area contributed by atoms with Gasteiger partial charge in [-0.05, 0) is 13.5 Å². The number of aromatic nitrogens is 2. The first-order chi connectivity index (χ1) is 8.61. The quantitative estimate of drug-likeness (QED) is 0.769. The maximum Gasteiger partial charge on any atom is 0.225 e. The molecule has 0 saturated carbocycles. The number of nitrogens with zero attached hydrogens (tertiary/aromatic N) is 3. The third kappa shape index (κ3) is 2.70. The fourth-order valence-corrected chi connectivity index (χ4v) is 2.31. The fraction of sp³-hybridized carbons (Fsp3) is 0.667. The van der Waals surface area contributed by atoms with Gasteiger partial charge >= 0.3 is 0 Å². The van der Waals surface area contributed by atoms with Crippen LogP contribution in [0.3, 0.4) is 0 Å². The van der Waals surface area contributed by atoms with Crippen LogP contribution in [0.15, 0.2) is 12.4 Å². The number of hydrogen-bond acceptors (Lipinski definition) is 4. The molecule has 1 saturated heterocycles. The second-order valence-corrected chi connectivity index (χ2v) is 4.73. The SMILES string of the molecule is CN[C@H]1CCN(C(=O)C[C@H](O)c2nccn2C)C1. The Balaban J connectivity index is 1.90. The Labute approximate surface area is 107 Å². The number of rotatable bonds is 4. The molecule has 1 fully saturated rings. The molecule has 2 rings (SSSR count). The Kier molecular flexibility index (Phi) is 3.98. The summed E-state index contributed by atoms with van der Waals surface area (Å²) in [6.45, 7) is 1.49. The van der Waals surface area contributed by atoms with E-state index >= 15 is 0 Å². The van der Waals surface area contributed by atoms with E-state index in [0.717, 1.165) is 19.5 Å². The summed E-state index contributed by atoms with van der Waals surface area (Å²) in [5.41, 5.74) is 0. The van der Waals surface area contributed by atoms with Crippen molar-refractivity contribution in [2.75, 3.05) is 20.1 Å². The number of carbonyl (C=O) groups is 1. The summed E-state index contributed by atoms with van der Waals surface area (Å²) in [6.07, 6.45) is 3.62. The summed E-state index contributed by atoms with van der Waals surface area (Å²) < 4.78 is 1.73. The van der Waals surface area contributed by atoms with Gasteiger partial charge in [0, 0.05) is 38.6 Å². The first-order valence-electron chi connectivity index (χ1n) is 6.22. The number of nitrogens with one attached hydrogen (secondary N) is 1. The predicted molar refractivity (Wildman–Crippen MR) is 66.8 cm³/mol. The van der Waals surface area contributed by atoms with E-state index in [2.05, 4.69) is 10.3 Å². The first-order valence-corrected chi connectivity index (χ1v) is 6.22. The molecule has 0 bridgehead atoms. The van der Waals surface area contributed by atoms with E-state index in [0.29, 0.717) is 11.9 Å². The van der Waals surface area contributed by atoms with Gasteiger partial charge in [-0.25, -0.2) is 4.98 Å². The van der Waals surface area contributed by atoms with E-state index in [9.17, 15) is 9.90 Å². The minimum atomic E-state index is -0.828. The van der Waals surface area contributed by atoms with Gasteiger partial charge in [0.1, 0.15) is 11.9 Å². The molecule has 18 heavy (non-hydrogen) atoms. The average molecular weight is 252 g/mol. The average Bonchev–Trinajstić information content (AvgIpc) is 2.96. The number of aliphatic hydroxyl groups is 1. The van der Waals surface area contributed by atoms with Crippen molar-refractivity contribution in [1.82, 2.24) is 19.8 Å². The highest BCUT2D eigenvalue weighted by Gasteiger charge is 2.27. The van der Waals surface area contributed by atoms with Crippen LogP contribution in [0.5, 0.6) is 0 Å². The fourth-order valence-electron chi connectivity index (χ4n) is 2.31. The summed E-state index contributed by atoms with van der Waals surface area (Å²) in [5.74, 6) is 0.524. The van der Waals surface area contributed by atoms with E-state index in [1.807, 2.05) is 14.1 Å². The highest BCUT2D eigenvalue weighted by atomic mass is 16.3. The molecule has 1 aliphatic heterocycles. The Hall–Kier alpha value is -1.40. The molecule has 100 valence electrons. The lowest BCUT2D eigenvalue weighted by atomic mass is 10.2. The predicted octanol–water partition coefficient (Wildman–Crippen LogP) is -0.336. The van der Waals surface area contributed by atoms with Crippen LogP contribution in [0, 0.1) is 0 Å². The van der Waals surface area contributed by atoms with Crippen molar-refractivity contribution in [3.8, 4) is 0 Å². The van der Waals surface area contributed by atoms with Crippen LogP contribution in [0.2, 0.25) is 0 Å². The van der Waals surface area contributed by atoms with Crippen LogP contribution >= 0.6 is 0 Å². The Morgan fingerprint density at radius 2 is 2.50 bits per heavy atom. The molecule has 2 N–H and O–H groups in total. The highest BCUT2D eigenvalue weighted by molar-refractivity contribution is 5.77. The number of amides is 1. The molecule has 1 aromatic rings. The van der Waals surface area contributed by atoms with Gasteiger partial charge in [-0.15, -0.1) is 0 Å². The van der Waals surface area contributed by atoms with E-state index in [1.54, 1.807) is 21.9 Å². The minimum Gasteiger partial charge on any atom is -0.385 e. The van der Waals surface area contributed by atoms with Crippen molar-refractivity contribution in [3.05, 3.63) is 18.2 Å². The summed E-state index contributed by atoms with van der Waals surface area (Å²) in [6, 6.07) is 0.374. The molecule has 0 unspecified atom stereocenters. The molecule has 6 heteroatoms. The second-order valence-electron chi connectivity index (χ2n) is 4.73. The number of aryl methyl sites for hydroxylation is 1. The topological polar surface area (TPSA) is 70.4 Å². The molecule has 2 atom stereocenters. The van der Waals surface area contributed by atoms with Gasteiger partial charge in [-0.1, -0.05) is 0 Å². The zero-order valence-corrected chi connectivity index (χ0v) is 10.8. The normalized spacial score (nSPS) is 21.3. The summed E-state index contributed by atoms with van der Waals surface area (Å²) in [7, 11) is 3.71. The molecule has 1 aromatic heterocycles. The molecular formula is C12H20N4O2. The number of aliphatic hydroxyl groups excluding tert-OH is 1. The van der Waals surface area contributed by atoms with Gasteiger partial charge in [0.05, 0.1) is 6.42 Å². The van der Waals surface area contributed by atoms with Gasteiger partial charge in [0.25, 0.3) is 0 Å². The molecule has 6 nitrogen and oxygen atoms in total. The second kappa shape index (κ2) is 5.49. The van der Waals surface area contributed by atoms with Crippen LogP contribution in [0.4, 0.5) is 0 Å². The first kappa shape index (κ1) is 13.0. The molecule has 0 spiro atoms. The third-order valence-electron chi connectivity index (χ3n) is 3.47. The van der Waals surface area contributed by atoms with E-state index < -0.39 is 6.10 Å². The number of imidazole rings is 1.